The van der Waals surface area contributed by atoms with E-state index >= 15 is 0 Å². The fourth-order valence-electron chi connectivity index (χ4n) is 2.72. The maximum atomic E-state index is 11.3. The lowest BCUT2D eigenvalue weighted by Gasteiger charge is -2.12. The lowest BCUT2D eigenvalue weighted by molar-refractivity contribution is 0.0650. The third-order valence-corrected chi connectivity index (χ3v) is 4.00. The van der Waals surface area contributed by atoms with Crippen LogP contribution in [-0.2, 0) is 12.8 Å². The van der Waals surface area contributed by atoms with Crippen LogP contribution in [-0.4, -0.2) is 22.2 Å². The summed E-state index contributed by atoms with van der Waals surface area (Å²) >= 11 is 0. The molecule has 2 rings (SSSR count). The number of hydrogen-bond donors (Lipinski definition) is 2. The van der Waals surface area contributed by atoms with Gasteiger partial charge in [-0.15, -0.1) is 13.2 Å². The number of aromatic carboxylic acids is 2. The lowest BCUT2D eigenvalue weighted by atomic mass is 9.92. The van der Waals surface area contributed by atoms with Gasteiger partial charge in [0.05, 0.1) is 11.1 Å². The van der Waals surface area contributed by atoms with Crippen LogP contribution < -0.4 is 0 Å². The Morgan fingerprint density at radius 2 is 1.32 bits per heavy atom. The minimum atomic E-state index is -1.25. The van der Waals surface area contributed by atoms with Gasteiger partial charge in [0.15, 0.2) is 0 Å². The van der Waals surface area contributed by atoms with Crippen molar-refractivity contribution in [2.45, 2.75) is 12.8 Å². The second kappa shape index (κ2) is 11.1. The van der Waals surface area contributed by atoms with Gasteiger partial charge in [0.1, 0.15) is 0 Å². The molecule has 0 aliphatic heterocycles. The van der Waals surface area contributed by atoms with Gasteiger partial charge in [0.25, 0.3) is 0 Å². The number of carbonyl (C=O) groups is 2. The summed E-state index contributed by atoms with van der Waals surface area (Å²) in [6.45, 7) is 14.5. The van der Waals surface area contributed by atoms with Crippen LogP contribution in [0.5, 0.6) is 0 Å². The Morgan fingerprint density at radius 3 is 1.71 bits per heavy atom. The van der Waals surface area contributed by atoms with Gasteiger partial charge >= 0.3 is 11.9 Å². The molecule has 4 nitrogen and oxygen atoms in total. The first-order valence-electron chi connectivity index (χ1n) is 8.58. The minimum Gasteiger partial charge on any atom is -0.478 e. The summed E-state index contributed by atoms with van der Waals surface area (Å²) in [6.07, 6.45) is 7.66. The van der Waals surface area contributed by atoms with Crippen LogP contribution in [0, 0.1) is 0 Å². The number of carboxylic acid groups (broad SMARTS) is 2. The molecule has 0 spiro atoms. The van der Waals surface area contributed by atoms with Gasteiger partial charge in [-0.2, -0.15) is 0 Å². The minimum absolute atomic E-state index is 0.165. The van der Waals surface area contributed by atoms with E-state index in [1.165, 1.54) is 6.07 Å². The van der Waals surface area contributed by atoms with Gasteiger partial charge in [0, 0.05) is 0 Å². The molecule has 0 radical (unpaired) electrons. The molecule has 0 atom stereocenters. The molecule has 0 fully saturated rings. The predicted octanol–water partition coefficient (Wildman–Crippen LogP) is 5.51. The second-order valence-electron chi connectivity index (χ2n) is 5.76. The number of hydrogen-bond acceptors (Lipinski definition) is 2. The van der Waals surface area contributed by atoms with Crippen molar-refractivity contribution in [3.63, 3.8) is 0 Å². The lowest BCUT2D eigenvalue weighted by Crippen LogP contribution is -2.13. The van der Waals surface area contributed by atoms with Crippen molar-refractivity contribution in [2.24, 2.45) is 0 Å². The normalized spacial score (nSPS) is 9.43. The zero-order chi connectivity index (χ0) is 21.1. The predicted molar refractivity (Wildman–Crippen MR) is 115 cm³/mol. The summed E-state index contributed by atoms with van der Waals surface area (Å²) in [5, 5.41) is 18.2. The molecular formula is C24H24O4. The van der Waals surface area contributed by atoms with Gasteiger partial charge in [-0.1, -0.05) is 67.8 Å². The maximum absolute atomic E-state index is 11.3. The van der Waals surface area contributed by atoms with E-state index in [2.05, 4.69) is 26.3 Å². The highest BCUT2D eigenvalue weighted by molar-refractivity contribution is 6.03. The standard InChI is InChI=1S/C14H14O4.C10H10/c1-3-5-9-7-8-11(13(15)16)12(14(17)18)10(9)6-4-2;1-3-9-7-5-6-8-10(9)4-2/h3-4,7-8H,1-2,5-6H2,(H,15,16)(H,17,18);3-8H,1-2H2. The smallest absolute Gasteiger partial charge is 0.336 e. The van der Waals surface area contributed by atoms with Crippen molar-refractivity contribution in [3.05, 3.63) is 108 Å². The summed E-state index contributed by atoms with van der Waals surface area (Å²) < 4.78 is 0. The van der Waals surface area contributed by atoms with Gasteiger partial charge in [-0.05, 0) is 41.2 Å². The van der Waals surface area contributed by atoms with Crippen LogP contribution in [0.15, 0.2) is 74.9 Å². The monoisotopic (exact) mass is 376 g/mol. The molecule has 0 aliphatic rings. The zero-order valence-corrected chi connectivity index (χ0v) is 15.7. The number of benzene rings is 2. The van der Waals surface area contributed by atoms with E-state index in [1.54, 1.807) is 18.2 Å². The van der Waals surface area contributed by atoms with E-state index in [0.717, 1.165) is 16.7 Å². The Kier molecular flexibility index (Phi) is 8.90. The molecule has 0 saturated carbocycles. The largest absolute Gasteiger partial charge is 0.478 e. The third-order valence-electron chi connectivity index (χ3n) is 4.00. The van der Waals surface area contributed by atoms with Gasteiger partial charge in [0.2, 0.25) is 0 Å². The molecular weight excluding hydrogens is 352 g/mol. The fraction of sp³-hybridized carbons (Fsp3) is 0.0833. The van der Waals surface area contributed by atoms with Crippen LogP contribution in [0.3, 0.4) is 0 Å². The second-order valence-corrected chi connectivity index (χ2v) is 5.76. The average molecular weight is 376 g/mol. The molecule has 0 aliphatic carbocycles. The molecule has 4 heteroatoms. The van der Waals surface area contributed by atoms with Crippen molar-refractivity contribution in [2.75, 3.05) is 0 Å². The number of carboxylic acids is 2. The van der Waals surface area contributed by atoms with E-state index in [0.29, 0.717) is 18.4 Å². The molecule has 0 aromatic heterocycles. The molecule has 144 valence electrons. The molecule has 0 amide bonds. The molecule has 0 heterocycles. The summed E-state index contributed by atoms with van der Waals surface area (Å²) in [5.74, 6) is -2.49. The maximum Gasteiger partial charge on any atom is 0.336 e. The Balaban J connectivity index is 0.000000330. The highest BCUT2D eigenvalue weighted by atomic mass is 16.4. The first-order valence-corrected chi connectivity index (χ1v) is 8.58. The molecule has 28 heavy (non-hydrogen) atoms. The summed E-state index contributed by atoms with van der Waals surface area (Å²) in [4.78, 5) is 22.3. The Labute approximate surface area is 165 Å². The van der Waals surface area contributed by atoms with Crippen LogP contribution in [0.1, 0.15) is 43.0 Å². The zero-order valence-electron chi connectivity index (χ0n) is 15.7. The van der Waals surface area contributed by atoms with Gasteiger partial charge in [-0.25, -0.2) is 9.59 Å². The summed E-state index contributed by atoms with van der Waals surface area (Å²) in [6, 6.07) is 11.0. The average Bonchev–Trinajstić information content (AvgIpc) is 2.69. The number of rotatable bonds is 8. The van der Waals surface area contributed by atoms with E-state index < -0.39 is 11.9 Å². The summed E-state index contributed by atoms with van der Waals surface area (Å²) in [7, 11) is 0. The molecule has 2 N–H and O–H groups in total. The van der Waals surface area contributed by atoms with E-state index in [4.69, 9.17) is 5.11 Å². The highest BCUT2D eigenvalue weighted by Gasteiger charge is 2.21. The van der Waals surface area contributed by atoms with Crippen LogP contribution in [0.25, 0.3) is 12.2 Å². The van der Waals surface area contributed by atoms with Crippen molar-refractivity contribution in [3.8, 4) is 0 Å². The highest BCUT2D eigenvalue weighted by Crippen LogP contribution is 2.22. The van der Waals surface area contributed by atoms with Crippen molar-refractivity contribution < 1.29 is 19.8 Å². The molecule has 0 unspecified atom stereocenters. The molecule has 2 aromatic rings. The van der Waals surface area contributed by atoms with Crippen LogP contribution in [0.2, 0.25) is 0 Å². The molecule has 0 saturated heterocycles. The van der Waals surface area contributed by atoms with E-state index in [-0.39, 0.29) is 11.1 Å². The molecule has 0 bridgehead atoms. The Hall–Kier alpha value is -3.66. The van der Waals surface area contributed by atoms with E-state index in [1.807, 2.05) is 36.4 Å². The number of allylic oxidation sites excluding steroid dienone is 2. The Bertz CT molecular complexity index is 880. The summed E-state index contributed by atoms with van der Waals surface area (Å²) in [5.41, 5.74) is 3.15. The van der Waals surface area contributed by atoms with Gasteiger partial charge in [-0.3, -0.25) is 0 Å². The van der Waals surface area contributed by atoms with Crippen LogP contribution in [0.4, 0.5) is 0 Å². The van der Waals surface area contributed by atoms with Crippen molar-refractivity contribution in [1.82, 2.24) is 0 Å². The first-order chi connectivity index (χ1) is 13.4. The molecule has 2 aromatic carbocycles. The topological polar surface area (TPSA) is 74.6 Å². The SMILES string of the molecule is C=CCc1ccc(C(=O)O)c(C(=O)O)c1CC=C.C=Cc1ccccc1C=C. The van der Waals surface area contributed by atoms with Gasteiger partial charge < -0.3 is 10.2 Å². The van der Waals surface area contributed by atoms with Crippen molar-refractivity contribution >= 4 is 24.1 Å². The van der Waals surface area contributed by atoms with E-state index in [9.17, 15) is 14.7 Å². The van der Waals surface area contributed by atoms with Crippen molar-refractivity contribution in [1.29, 1.82) is 0 Å². The quantitative estimate of drug-likeness (QED) is 0.596. The van der Waals surface area contributed by atoms with Crippen LogP contribution >= 0.6 is 0 Å². The first kappa shape index (κ1) is 22.4. The fourth-order valence-corrected chi connectivity index (χ4v) is 2.72. The Morgan fingerprint density at radius 1 is 0.786 bits per heavy atom. The third kappa shape index (κ3) is 5.68.